The van der Waals surface area contributed by atoms with Crippen molar-refractivity contribution in [2.75, 3.05) is 12.4 Å². The molecule has 0 aliphatic rings. The van der Waals surface area contributed by atoms with Crippen molar-refractivity contribution in [2.24, 2.45) is 0 Å². The van der Waals surface area contributed by atoms with Gasteiger partial charge in [0.25, 0.3) is 5.91 Å². The summed E-state index contributed by atoms with van der Waals surface area (Å²) in [5.74, 6) is 0.305. The topological polar surface area (TPSA) is 69.0 Å². The van der Waals surface area contributed by atoms with Gasteiger partial charge in [-0.3, -0.25) is 4.79 Å². The van der Waals surface area contributed by atoms with Crippen LogP contribution in [0.3, 0.4) is 0 Å². The van der Waals surface area contributed by atoms with E-state index in [2.05, 4.69) is 15.4 Å². The number of aromatic nitrogens is 3. The summed E-state index contributed by atoms with van der Waals surface area (Å²) in [6, 6.07) is 17.6. The summed E-state index contributed by atoms with van der Waals surface area (Å²) in [5.41, 5.74) is 1.80. The zero-order chi connectivity index (χ0) is 21.5. The molecular formula is C23H17FN4O2S. The monoisotopic (exact) mass is 432 g/mol. The molecular weight excluding hydrogens is 415 g/mol. The predicted molar refractivity (Wildman–Crippen MR) is 120 cm³/mol. The fraction of sp³-hybridized carbons (Fsp3) is 0.0870. The summed E-state index contributed by atoms with van der Waals surface area (Å²) < 4.78 is 21.3. The van der Waals surface area contributed by atoms with Crippen molar-refractivity contribution in [1.29, 1.82) is 0 Å². The molecule has 6 nitrogen and oxygen atoms in total. The van der Waals surface area contributed by atoms with E-state index in [9.17, 15) is 9.18 Å². The van der Waals surface area contributed by atoms with Gasteiger partial charge in [0, 0.05) is 6.07 Å². The number of carbonyl (C=O) groups excluding carboxylic acids is 1. The maximum Gasteiger partial charge on any atom is 0.260 e. The van der Waals surface area contributed by atoms with Crippen LogP contribution >= 0.6 is 11.3 Å². The highest BCUT2D eigenvalue weighted by Gasteiger charge is 2.18. The van der Waals surface area contributed by atoms with Crippen LogP contribution in [0.25, 0.3) is 26.1 Å². The number of nitrogens with one attached hydrogen (secondary N) is 1. The number of hydrogen-bond donors (Lipinski definition) is 1. The minimum absolute atomic E-state index is 0.323. The molecule has 31 heavy (non-hydrogen) atoms. The number of halogens is 1. The van der Waals surface area contributed by atoms with Crippen molar-refractivity contribution in [3.63, 3.8) is 0 Å². The largest absolute Gasteiger partial charge is 0.496 e. The fourth-order valence-corrected chi connectivity index (χ4v) is 4.42. The second-order valence-corrected chi connectivity index (χ2v) is 8.05. The van der Waals surface area contributed by atoms with Gasteiger partial charge in [-0.05, 0) is 48.0 Å². The van der Waals surface area contributed by atoms with E-state index in [0.717, 1.165) is 10.8 Å². The second-order valence-electron chi connectivity index (χ2n) is 7.05. The third-order valence-corrected chi connectivity index (χ3v) is 5.90. The van der Waals surface area contributed by atoms with E-state index in [1.807, 2.05) is 37.3 Å². The van der Waals surface area contributed by atoms with Gasteiger partial charge in [0.1, 0.15) is 17.4 Å². The molecule has 0 saturated carbocycles. The van der Waals surface area contributed by atoms with Crippen LogP contribution in [0.4, 0.5) is 10.2 Å². The molecule has 0 aliphatic heterocycles. The van der Waals surface area contributed by atoms with Crippen LogP contribution in [-0.2, 0) is 0 Å². The van der Waals surface area contributed by atoms with Gasteiger partial charge in [0.15, 0.2) is 0 Å². The fourth-order valence-electron chi connectivity index (χ4n) is 3.46. The number of hydrogen-bond acceptors (Lipinski definition) is 5. The molecule has 2 aromatic heterocycles. The molecule has 0 spiro atoms. The number of aryl methyl sites for hydroxylation is 1. The summed E-state index contributed by atoms with van der Waals surface area (Å²) in [6.07, 6.45) is 0. The number of rotatable bonds is 4. The van der Waals surface area contributed by atoms with Crippen LogP contribution in [0.15, 0.2) is 60.7 Å². The lowest BCUT2D eigenvalue weighted by molar-refractivity contribution is 0.102. The number of carbonyl (C=O) groups is 1. The third-order valence-electron chi connectivity index (χ3n) is 4.91. The highest BCUT2D eigenvalue weighted by molar-refractivity contribution is 7.20. The zero-order valence-corrected chi connectivity index (χ0v) is 17.5. The van der Waals surface area contributed by atoms with Gasteiger partial charge >= 0.3 is 0 Å². The van der Waals surface area contributed by atoms with E-state index in [4.69, 9.17) is 4.74 Å². The number of amides is 1. The van der Waals surface area contributed by atoms with Crippen molar-refractivity contribution in [3.05, 3.63) is 77.7 Å². The molecule has 3 aromatic carbocycles. The van der Waals surface area contributed by atoms with Gasteiger partial charge in [-0.1, -0.05) is 35.6 Å². The Kier molecular flexibility index (Phi) is 4.63. The van der Waals surface area contributed by atoms with E-state index in [1.54, 1.807) is 22.9 Å². The van der Waals surface area contributed by atoms with Gasteiger partial charge in [-0.25, -0.2) is 9.37 Å². The normalized spacial score (nSPS) is 11.2. The van der Waals surface area contributed by atoms with E-state index in [0.29, 0.717) is 38.2 Å². The summed E-state index contributed by atoms with van der Waals surface area (Å²) in [7, 11) is 1.54. The lowest BCUT2D eigenvalue weighted by atomic mass is 10.1. The van der Waals surface area contributed by atoms with E-state index in [-0.39, 0.29) is 11.7 Å². The Morgan fingerprint density at radius 3 is 2.65 bits per heavy atom. The maximum atomic E-state index is 13.6. The highest BCUT2D eigenvalue weighted by atomic mass is 32.1. The molecule has 0 unspecified atom stereocenters. The predicted octanol–water partition coefficient (Wildman–Crippen LogP) is 5.34. The quantitative estimate of drug-likeness (QED) is 0.416. The minimum atomic E-state index is -0.323. The number of fused-ring (bicyclic) bond motifs is 2. The average Bonchev–Trinajstić information content (AvgIpc) is 3.34. The Morgan fingerprint density at radius 2 is 1.87 bits per heavy atom. The van der Waals surface area contributed by atoms with Crippen LogP contribution in [0.1, 0.15) is 16.1 Å². The Labute approximate surface area is 180 Å². The van der Waals surface area contributed by atoms with Crippen molar-refractivity contribution in [3.8, 4) is 10.9 Å². The molecule has 2 heterocycles. The highest BCUT2D eigenvalue weighted by Crippen LogP contribution is 2.30. The lowest BCUT2D eigenvalue weighted by Crippen LogP contribution is -2.16. The maximum absolute atomic E-state index is 13.6. The molecule has 0 fully saturated rings. The zero-order valence-electron chi connectivity index (χ0n) is 16.7. The molecule has 0 saturated heterocycles. The Balaban J connectivity index is 1.53. The number of ether oxygens (including phenoxy) is 1. The van der Waals surface area contributed by atoms with Crippen LogP contribution in [-0.4, -0.2) is 27.8 Å². The van der Waals surface area contributed by atoms with Crippen molar-refractivity contribution >= 4 is 44.1 Å². The second kappa shape index (κ2) is 7.48. The first kappa shape index (κ1) is 19.2. The molecule has 154 valence electrons. The van der Waals surface area contributed by atoms with Crippen molar-refractivity contribution < 1.29 is 13.9 Å². The standard InChI is InChI=1S/C23H17FN4O2S/c1-13-9-21(28(27-13)23-25-18-8-7-16(24)12-20(18)31-23)26-22(29)17-10-14-5-3-4-6-15(14)11-19(17)30-2/h3-12H,1-2H3,(H,26,29). The number of thiazole rings is 1. The van der Waals surface area contributed by atoms with Crippen LogP contribution < -0.4 is 10.1 Å². The molecule has 0 atom stereocenters. The molecule has 0 bridgehead atoms. The van der Waals surface area contributed by atoms with Gasteiger partial charge in [-0.15, -0.1) is 0 Å². The number of anilines is 1. The SMILES string of the molecule is COc1cc2ccccc2cc1C(=O)Nc1cc(C)nn1-c1nc2ccc(F)cc2s1. The number of nitrogens with zero attached hydrogens (tertiary/aromatic N) is 3. The summed E-state index contributed by atoms with van der Waals surface area (Å²) in [4.78, 5) is 17.7. The van der Waals surface area contributed by atoms with Gasteiger partial charge < -0.3 is 10.1 Å². The molecule has 0 aliphatic carbocycles. The summed E-state index contributed by atoms with van der Waals surface area (Å²) in [5, 5.41) is 9.84. The Bertz CT molecular complexity index is 1460. The molecule has 1 N–H and O–H groups in total. The molecule has 5 aromatic rings. The molecule has 1 amide bonds. The van der Waals surface area contributed by atoms with Crippen molar-refractivity contribution in [1.82, 2.24) is 14.8 Å². The summed E-state index contributed by atoms with van der Waals surface area (Å²) in [6.45, 7) is 1.83. The average molecular weight is 432 g/mol. The van der Waals surface area contributed by atoms with Gasteiger partial charge in [-0.2, -0.15) is 9.78 Å². The van der Waals surface area contributed by atoms with E-state index in [1.165, 1.54) is 30.6 Å². The lowest BCUT2D eigenvalue weighted by Gasteiger charge is -2.11. The molecule has 8 heteroatoms. The van der Waals surface area contributed by atoms with Crippen LogP contribution in [0.5, 0.6) is 5.75 Å². The number of benzene rings is 3. The summed E-state index contributed by atoms with van der Waals surface area (Å²) >= 11 is 1.30. The molecule has 5 rings (SSSR count). The van der Waals surface area contributed by atoms with E-state index < -0.39 is 0 Å². The molecule has 0 radical (unpaired) electrons. The first-order chi connectivity index (χ1) is 15.0. The smallest absolute Gasteiger partial charge is 0.260 e. The Morgan fingerprint density at radius 1 is 1.10 bits per heavy atom. The van der Waals surface area contributed by atoms with Crippen molar-refractivity contribution in [2.45, 2.75) is 6.92 Å². The minimum Gasteiger partial charge on any atom is -0.496 e. The van der Waals surface area contributed by atoms with Crippen LogP contribution in [0, 0.1) is 12.7 Å². The van der Waals surface area contributed by atoms with Gasteiger partial charge in [0.05, 0.1) is 28.6 Å². The Hall–Kier alpha value is -3.78. The first-order valence-electron chi connectivity index (χ1n) is 9.53. The van der Waals surface area contributed by atoms with Gasteiger partial charge in [0.2, 0.25) is 5.13 Å². The van der Waals surface area contributed by atoms with Crippen LogP contribution in [0.2, 0.25) is 0 Å². The number of methoxy groups -OCH3 is 1. The first-order valence-corrected chi connectivity index (χ1v) is 10.3. The van der Waals surface area contributed by atoms with E-state index >= 15 is 0 Å². The third kappa shape index (κ3) is 3.51.